The molecule has 0 bridgehead atoms. The van der Waals surface area contributed by atoms with Gasteiger partial charge in [-0.1, -0.05) is 60.7 Å². The Kier molecular flexibility index (Phi) is 10.4. The SMILES string of the molecule is CN=C(NCCc1nccn1Cc1ccccc1)NC(C)CCc1ccccc1.I. The molecular formula is C24H32IN5. The van der Waals surface area contributed by atoms with Crippen molar-refractivity contribution in [2.24, 2.45) is 4.99 Å². The van der Waals surface area contributed by atoms with Gasteiger partial charge in [-0.15, -0.1) is 24.0 Å². The fourth-order valence-electron chi connectivity index (χ4n) is 3.31. The van der Waals surface area contributed by atoms with Crippen LogP contribution in [0.1, 0.15) is 30.3 Å². The molecule has 0 saturated carbocycles. The summed E-state index contributed by atoms with van der Waals surface area (Å²) < 4.78 is 2.20. The summed E-state index contributed by atoms with van der Waals surface area (Å²) in [6.07, 6.45) is 6.88. The second-order valence-corrected chi connectivity index (χ2v) is 7.28. The Labute approximate surface area is 197 Å². The van der Waals surface area contributed by atoms with Crippen LogP contribution in [0.5, 0.6) is 0 Å². The van der Waals surface area contributed by atoms with E-state index in [4.69, 9.17) is 0 Å². The topological polar surface area (TPSA) is 54.2 Å². The average Bonchev–Trinajstić information content (AvgIpc) is 3.20. The molecule has 0 spiro atoms. The largest absolute Gasteiger partial charge is 0.356 e. The summed E-state index contributed by atoms with van der Waals surface area (Å²) in [7, 11) is 1.82. The predicted molar refractivity (Wildman–Crippen MR) is 136 cm³/mol. The lowest BCUT2D eigenvalue weighted by atomic mass is 10.1. The quantitative estimate of drug-likeness (QED) is 0.253. The lowest BCUT2D eigenvalue weighted by Crippen LogP contribution is -2.43. The fourth-order valence-corrected chi connectivity index (χ4v) is 3.31. The number of hydrogen-bond donors (Lipinski definition) is 2. The number of aliphatic imine (C=N–C) groups is 1. The van der Waals surface area contributed by atoms with Crippen LogP contribution in [0, 0.1) is 0 Å². The van der Waals surface area contributed by atoms with E-state index in [1.165, 1.54) is 11.1 Å². The van der Waals surface area contributed by atoms with Gasteiger partial charge in [-0.3, -0.25) is 4.99 Å². The van der Waals surface area contributed by atoms with E-state index in [9.17, 15) is 0 Å². The van der Waals surface area contributed by atoms with E-state index >= 15 is 0 Å². The first-order chi connectivity index (χ1) is 14.2. The zero-order valence-corrected chi connectivity index (χ0v) is 20.1. The first kappa shape index (κ1) is 23.9. The standard InChI is InChI=1S/C24H31N5.HI/c1-20(13-14-21-9-5-3-6-10-21)28-24(25-2)27-16-15-23-26-17-18-29(23)19-22-11-7-4-8-12-22;/h3-12,17-18,20H,13-16,19H2,1-2H3,(H2,25,27,28);1H. The highest BCUT2D eigenvalue weighted by atomic mass is 127. The molecule has 0 amide bonds. The summed E-state index contributed by atoms with van der Waals surface area (Å²) in [6, 6.07) is 21.4. The van der Waals surface area contributed by atoms with E-state index in [1.807, 2.05) is 25.5 Å². The van der Waals surface area contributed by atoms with Gasteiger partial charge in [0.1, 0.15) is 5.82 Å². The number of halogens is 1. The van der Waals surface area contributed by atoms with Crippen LogP contribution in [0.15, 0.2) is 78.0 Å². The van der Waals surface area contributed by atoms with Crippen molar-refractivity contribution in [3.8, 4) is 0 Å². The van der Waals surface area contributed by atoms with Crippen LogP contribution in [0.3, 0.4) is 0 Å². The van der Waals surface area contributed by atoms with Crippen LogP contribution < -0.4 is 10.6 Å². The number of imidazole rings is 1. The molecule has 5 nitrogen and oxygen atoms in total. The normalized spacial score (nSPS) is 12.1. The minimum absolute atomic E-state index is 0. The first-order valence-corrected chi connectivity index (χ1v) is 10.3. The van der Waals surface area contributed by atoms with Crippen molar-refractivity contribution < 1.29 is 0 Å². The van der Waals surface area contributed by atoms with E-state index in [-0.39, 0.29) is 24.0 Å². The Bertz CT molecular complexity index is 877. The van der Waals surface area contributed by atoms with E-state index in [2.05, 4.69) is 86.7 Å². The van der Waals surface area contributed by atoms with Gasteiger partial charge in [0.2, 0.25) is 0 Å². The molecule has 160 valence electrons. The Hall–Kier alpha value is -2.35. The molecule has 3 rings (SSSR count). The molecular weight excluding hydrogens is 485 g/mol. The highest BCUT2D eigenvalue weighted by Crippen LogP contribution is 2.06. The molecule has 0 aliphatic carbocycles. The van der Waals surface area contributed by atoms with Gasteiger partial charge in [-0.05, 0) is 30.9 Å². The predicted octanol–water partition coefficient (Wildman–Crippen LogP) is 4.28. The van der Waals surface area contributed by atoms with Crippen molar-refractivity contribution in [1.82, 2.24) is 20.2 Å². The zero-order chi connectivity index (χ0) is 20.3. The zero-order valence-electron chi connectivity index (χ0n) is 17.8. The average molecular weight is 517 g/mol. The van der Waals surface area contributed by atoms with E-state index in [1.54, 1.807) is 0 Å². The third-order valence-corrected chi connectivity index (χ3v) is 4.95. The van der Waals surface area contributed by atoms with Crippen molar-refractivity contribution in [2.45, 2.75) is 38.8 Å². The molecule has 3 aromatic rings. The molecule has 1 atom stereocenters. The Balaban J connectivity index is 0.00000320. The second kappa shape index (κ2) is 13.1. The van der Waals surface area contributed by atoms with Crippen molar-refractivity contribution in [2.75, 3.05) is 13.6 Å². The van der Waals surface area contributed by atoms with Crippen LogP contribution in [0.2, 0.25) is 0 Å². The molecule has 1 heterocycles. The van der Waals surface area contributed by atoms with Crippen LogP contribution >= 0.6 is 24.0 Å². The number of aryl methyl sites for hydroxylation is 1. The Morgan fingerprint density at radius 2 is 1.67 bits per heavy atom. The van der Waals surface area contributed by atoms with Crippen LogP contribution in [-0.4, -0.2) is 35.1 Å². The van der Waals surface area contributed by atoms with E-state index < -0.39 is 0 Å². The lowest BCUT2D eigenvalue weighted by Gasteiger charge is -2.18. The molecule has 1 aromatic heterocycles. The highest BCUT2D eigenvalue weighted by Gasteiger charge is 2.07. The minimum Gasteiger partial charge on any atom is -0.356 e. The van der Waals surface area contributed by atoms with Crippen molar-refractivity contribution >= 4 is 29.9 Å². The van der Waals surface area contributed by atoms with Gasteiger partial charge in [0.25, 0.3) is 0 Å². The second-order valence-electron chi connectivity index (χ2n) is 7.28. The molecule has 2 aromatic carbocycles. The summed E-state index contributed by atoms with van der Waals surface area (Å²) in [6.45, 7) is 3.83. The van der Waals surface area contributed by atoms with Gasteiger partial charge in [0.15, 0.2) is 5.96 Å². The number of nitrogens with zero attached hydrogens (tertiary/aromatic N) is 3. The summed E-state index contributed by atoms with van der Waals surface area (Å²) >= 11 is 0. The van der Waals surface area contributed by atoms with Crippen molar-refractivity contribution in [3.05, 3.63) is 90.0 Å². The van der Waals surface area contributed by atoms with Crippen LogP contribution in [-0.2, 0) is 19.4 Å². The smallest absolute Gasteiger partial charge is 0.191 e. The number of aromatic nitrogens is 2. The molecule has 0 fully saturated rings. The Morgan fingerprint density at radius 3 is 2.33 bits per heavy atom. The van der Waals surface area contributed by atoms with Crippen LogP contribution in [0.4, 0.5) is 0 Å². The van der Waals surface area contributed by atoms with Gasteiger partial charge in [0.05, 0.1) is 0 Å². The highest BCUT2D eigenvalue weighted by molar-refractivity contribution is 14.0. The number of benzene rings is 2. The molecule has 0 aliphatic heterocycles. The van der Waals surface area contributed by atoms with Gasteiger partial charge in [-0.25, -0.2) is 4.98 Å². The maximum Gasteiger partial charge on any atom is 0.191 e. The molecule has 0 radical (unpaired) electrons. The van der Waals surface area contributed by atoms with E-state index in [0.29, 0.717) is 6.04 Å². The minimum atomic E-state index is 0. The molecule has 2 N–H and O–H groups in total. The third kappa shape index (κ3) is 7.82. The first-order valence-electron chi connectivity index (χ1n) is 10.3. The summed E-state index contributed by atoms with van der Waals surface area (Å²) in [5.41, 5.74) is 2.65. The molecule has 30 heavy (non-hydrogen) atoms. The molecule has 0 saturated heterocycles. The van der Waals surface area contributed by atoms with Gasteiger partial charge >= 0.3 is 0 Å². The lowest BCUT2D eigenvalue weighted by molar-refractivity contribution is 0.591. The summed E-state index contributed by atoms with van der Waals surface area (Å²) in [5, 5.41) is 6.90. The van der Waals surface area contributed by atoms with Gasteiger partial charge < -0.3 is 15.2 Å². The monoisotopic (exact) mass is 517 g/mol. The van der Waals surface area contributed by atoms with Gasteiger partial charge in [-0.2, -0.15) is 0 Å². The van der Waals surface area contributed by atoms with Crippen molar-refractivity contribution in [1.29, 1.82) is 0 Å². The summed E-state index contributed by atoms with van der Waals surface area (Å²) in [5.74, 6) is 1.92. The maximum absolute atomic E-state index is 4.52. The molecule has 6 heteroatoms. The number of nitrogens with one attached hydrogen (secondary N) is 2. The summed E-state index contributed by atoms with van der Waals surface area (Å²) in [4.78, 5) is 8.88. The fraction of sp³-hybridized carbons (Fsp3) is 0.333. The maximum atomic E-state index is 4.52. The van der Waals surface area contributed by atoms with Crippen LogP contribution in [0.25, 0.3) is 0 Å². The number of rotatable bonds is 9. The molecule has 1 unspecified atom stereocenters. The van der Waals surface area contributed by atoms with Gasteiger partial charge in [0, 0.05) is 45.0 Å². The van der Waals surface area contributed by atoms with E-state index in [0.717, 1.165) is 44.1 Å². The Morgan fingerprint density at radius 1 is 1.00 bits per heavy atom. The number of guanidine groups is 1. The third-order valence-electron chi connectivity index (χ3n) is 4.95. The molecule has 0 aliphatic rings. The number of hydrogen-bond acceptors (Lipinski definition) is 2. The van der Waals surface area contributed by atoms with Crippen molar-refractivity contribution in [3.63, 3.8) is 0 Å².